The van der Waals surface area contributed by atoms with E-state index in [4.69, 9.17) is 15.6 Å². The van der Waals surface area contributed by atoms with E-state index in [1.165, 1.54) is 0 Å². The van der Waals surface area contributed by atoms with Gasteiger partial charge in [-0.25, -0.2) is 0 Å². The van der Waals surface area contributed by atoms with E-state index >= 15 is 0 Å². The molecule has 0 saturated carbocycles. The molecular formula is C13H20N2O3. The van der Waals surface area contributed by atoms with Crippen molar-refractivity contribution in [1.82, 2.24) is 0 Å². The summed E-state index contributed by atoms with van der Waals surface area (Å²) in [6.07, 6.45) is 0.129. The van der Waals surface area contributed by atoms with E-state index in [9.17, 15) is 4.79 Å². The maximum Gasteiger partial charge on any atom is 0.323 e. The third-order valence-electron chi connectivity index (χ3n) is 2.42. The number of rotatable bonds is 7. The zero-order valence-corrected chi connectivity index (χ0v) is 10.8. The second kappa shape index (κ2) is 6.86. The molecule has 18 heavy (non-hydrogen) atoms. The van der Waals surface area contributed by atoms with E-state index in [0.717, 1.165) is 5.69 Å². The Balaban J connectivity index is 2.72. The zero-order chi connectivity index (χ0) is 13.5. The lowest BCUT2D eigenvalue weighted by atomic mass is 10.2. The number of ether oxygens (including phenoxy) is 1. The van der Waals surface area contributed by atoms with Gasteiger partial charge in [-0.15, -0.1) is 0 Å². The minimum Gasteiger partial charge on any atom is -0.480 e. The Bertz CT molecular complexity index is 394. The number of para-hydroxylation sites is 2. The highest BCUT2D eigenvalue weighted by Crippen LogP contribution is 2.21. The quantitative estimate of drug-likeness (QED) is 0.721. The molecule has 0 aliphatic rings. The van der Waals surface area contributed by atoms with Gasteiger partial charge in [0.05, 0.1) is 24.1 Å². The van der Waals surface area contributed by atoms with Crippen LogP contribution in [0.1, 0.15) is 13.8 Å². The highest BCUT2D eigenvalue weighted by molar-refractivity contribution is 5.77. The normalized spacial score (nSPS) is 10.6. The van der Waals surface area contributed by atoms with Crippen LogP contribution < -0.4 is 10.6 Å². The highest BCUT2D eigenvalue weighted by atomic mass is 16.5. The van der Waals surface area contributed by atoms with Crippen molar-refractivity contribution in [2.45, 2.75) is 20.0 Å². The van der Waals surface area contributed by atoms with Crippen molar-refractivity contribution in [2.75, 3.05) is 30.3 Å². The largest absolute Gasteiger partial charge is 0.480 e. The second-order valence-corrected chi connectivity index (χ2v) is 4.29. The first-order valence-electron chi connectivity index (χ1n) is 5.93. The predicted molar refractivity (Wildman–Crippen MR) is 71.8 cm³/mol. The van der Waals surface area contributed by atoms with Crippen molar-refractivity contribution in [3.8, 4) is 0 Å². The molecule has 0 saturated heterocycles. The van der Waals surface area contributed by atoms with E-state index in [1.54, 1.807) is 11.0 Å². The van der Waals surface area contributed by atoms with Crippen molar-refractivity contribution >= 4 is 17.3 Å². The Morgan fingerprint density at radius 1 is 1.44 bits per heavy atom. The van der Waals surface area contributed by atoms with E-state index in [0.29, 0.717) is 18.8 Å². The standard InChI is InChI=1S/C13H20N2O3/c1-10(2)18-8-7-15(9-13(16)17)12-6-4-3-5-11(12)14/h3-6,10H,7-9,14H2,1-2H3,(H,16,17). The molecule has 5 nitrogen and oxygen atoms in total. The van der Waals surface area contributed by atoms with Crippen LogP contribution in [0.5, 0.6) is 0 Å². The summed E-state index contributed by atoms with van der Waals surface area (Å²) < 4.78 is 5.44. The lowest BCUT2D eigenvalue weighted by Gasteiger charge is -2.24. The summed E-state index contributed by atoms with van der Waals surface area (Å²) in [4.78, 5) is 12.6. The second-order valence-electron chi connectivity index (χ2n) is 4.29. The topological polar surface area (TPSA) is 75.8 Å². The molecule has 100 valence electrons. The van der Waals surface area contributed by atoms with Gasteiger partial charge in [0, 0.05) is 6.54 Å². The van der Waals surface area contributed by atoms with E-state index in [1.807, 2.05) is 32.0 Å². The first-order chi connectivity index (χ1) is 8.50. The van der Waals surface area contributed by atoms with Crippen LogP contribution >= 0.6 is 0 Å². The molecule has 1 aromatic carbocycles. The summed E-state index contributed by atoms with van der Waals surface area (Å²) in [5, 5.41) is 8.92. The van der Waals surface area contributed by atoms with E-state index in [-0.39, 0.29) is 12.6 Å². The van der Waals surface area contributed by atoms with Gasteiger partial charge < -0.3 is 20.5 Å². The number of anilines is 2. The Hall–Kier alpha value is -1.75. The lowest BCUT2D eigenvalue weighted by molar-refractivity contribution is -0.135. The number of aliphatic carboxylic acids is 1. The van der Waals surface area contributed by atoms with E-state index < -0.39 is 5.97 Å². The van der Waals surface area contributed by atoms with Gasteiger partial charge in [-0.3, -0.25) is 4.79 Å². The summed E-state index contributed by atoms with van der Waals surface area (Å²) >= 11 is 0. The van der Waals surface area contributed by atoms with Gasteiger partial charge in [-0.2, -0.15) is 0 Å². The van der Waals surface area contributed by atoms with Crippen molar-refractivity contribution in [3.63, 3.8) is 0 Å². The molecule has 0 aromatic heterocycles. The van der Waals surface area contributed by atoms with E-state index in [2.05, 4.69) is 0 Å². The molecule has 5 heteroatoms. The number of carboxylic acids is 1. The molecule has 0 heterocycles. The Morgan fingerprint density at radius 2 is 2.11 bits per heavy atom. The number of nitrogens with two attached hydrogens (primary N) is 1. The molecule has 0 bridgehead atoms. The van der Waals surface area contributed by atoms with Crippen LogP contribution in [0.4, 0.5) is 11.4 Å². The van der Waals surface area contributed by atoms with Gasteiger partial charge >= 0.3 is 5.97 Å². The summed E-state index contributed by atoms with van der Waals surface area (Å²) in [5.74, 6) is -0.886. The minimum atomic E-state index is -0.886. The summed E-state index contributed by atoms with van der Waals surface area (Å²) in [7, 11) is 0. The first kappa shape index (κ1) is 14.3. The van der Waals surface area contributed by atoms with Gasteiger partial charge in [0.2, 0.25) is 0 Å². The van der Waals surface area contributed by atoms with Crippen molar-refractivity contribution in [3.05, 3.63) is 24.3 Å². The first-order valence-corrected chi connectivity index (χ1v) is 5.93. The Morgan fingerprint density at radius 3 is 2.67 bits per heavy atom. The maximum atomic E-state index is 10.9. The molecule has 3 N–H and O–H groups in total. The zero-order valence-electron chi connectivity index (χ0n) is 10.8. The Kier molecular flexibility index (Phi) is 5.45. The minimum absolute atomic E-state index is 0.0876. The summed E-state index contributed by atoms with van der Waals surface area (Å²) in [6.45, 7) is 4.77. The molecule has 0 radical (unpaired) electrons. The molecular weight excluding hydrogens is 232 g/mol. The number of nitrogens with zero attached hydrogens (tertiary/aromatic N) is 1. The monoisotopic (exact) mass is 252 g/mol. The van der Waals surface area contributed by atoms with Crippen molar-refractivity contribution in [1.29, 1.82) is 0 Å². The van der Waals surface area contributed by atoms with Crippen molar-refractivity contribution < 1.29 is 14.6 Å². The predicted octanol–water partition coefficient (Wildman–Crippen LogP) is 1.58. The molecule has 0 spiro atoms. The average Bonchev–Trinajstić information content (AvgIpc) is 2.27. The smallest absolute Gasteiger partial charge is 0.323 e. The molecule has 1 rings (SSSR count). The third-order valence-corrected chi connectivity index (χ3v) is 2.42. The number of benzene rings is 1. The number of nitrogen functional groups attached to an aromatic ring is 1. The van der Waals surface area contributed by atoms with Gasteiger partial charge in [-0.05, 0) is 26.0 Å². The van der Waals surface area contributed by atoms with Crippen LogP contribution in [0, 0.1) is 0 Å². The molecule has 0 aliphatic carbocycles. The fraction of sp³-hybridized carbons (Fsp3) is 0.462. The van der Waals surface area contributed by atoms with Gasteiger partial charge in [0.1, 0.15) is 6.54 Å². The van der Waals surface area contributed by atoms with Crippen LogP contribution in [0.3, 0.4) is 0 Å². The van der Waals surface area contributed by atoms with Gasteiger partial charge in [-0.1, -0.05) is 12.1 Å². The summed E-state index contributed by atoms with van der Waals surface area (Å²) in [6, 6.07) is 7.23. The average molecular weight is 252 g/mol. The fourth-order valence-electron chi connectivity index (χ4n) is 1.62. The SMILES string of the molecule is CC(C)OCCN(CC(=O)O)c1ccccc1N. The molecule has 0 unspecified atom stereocenters. The van der Waals surface area contributed by atoms with Gasteiger partial charge in [0.25, 0.3) is 0 Å². The maximum absolute atomic E-state index is 10.9. The van der Waals surface area contributed by atoms with Crippen LogP contribution in [0.25, 0.3) is 0 Å². The number of hydrogen-bond donors (Lipinski definition) is 2. The van der Waals surface area contributed by atoms with Crippen LogP contribution in [0.2, 0.25) is 0 Å². The molecule has 1 aromatic rings. The van der Waals surface area contributed by atoms with Crippen LogP contribution in [0.15, 0.2) is 24.3 Å². The highest BCUT2D eigenvalue weighted by Gasteiger charge is 2.13. The molecule has 0 atom stereocenters. The van der Waals surface area contributed by atoms with Gasteiger partial charge in [0.15, 0.2) is 0 Å². The summed E-state index contributed by atoms with van der Waals surface area (Å²) in [5.41, 5.74) is 7.15. The molecule has 0 amide bonds. The Labute approximate surface area is 107 Å². The third kappa shape index (κ3) is 4.63. The fourth-order valence-corrected chi connectivity index (χ4v) is 1.62. The lowest BCUT2D eigenvalue weighted by Crippen LogP contribution is -2.33. The van der Waals surface area contributed by atoms with Crippen LogP contribution in [-0.2, 0) is 9.53 Å². The van der Waals surface area contributed by atoms with Crippen molar-refractivity contribution in [2.24, 2.45) is 0 Å². The number of carbonyl (C=O) groups is 1. The molecule has 0 aliphatic heterocycles. The molecule has 0 fully saturated rings. The van der Waals surface area contributed by atoms with Crippen LogP contribution in [-0.4, -0.2) is 36.9 Å². The number of carboxylic acid groups (broad SMARTS) is 1. The number of hydrogen-bond acceptors (Lipinski definition) is 4.